The number of nitrogens with one attached hydrogen (secondary N) is 1. The van der Waals surface area contributed by atoms with E-state index in [1.807, 2.05) is 0 Å². The molecule has 0 unspecified atom stereocenters. The van der Waals surface area contributed by atoms with Crippen LogP contribution in [0.2, 0.25) is 10.0 Å². The van der Waals surface area contributed by atoms with E-state index in [9.17, 15) is 18.0 Å². The second kappa shape index (κ2) is 14.2. The zero-order chi connectivity index (χ0) is 28.6. The molecule has 0 aromatic heterocycles. The summed E-state index contributed by atoms with van der Waals surface area (Å²) >= 11 is 12.4. The molecule has 1 fully saturated rings. The molecule has 2 aromatic carbocycles. The van der Waals surface area contributed by atoms with Crippen LogP contribution in [0.25, 0.3) is 0 Å². The van der Waals surface area contributed by atoms with Crippen molar-refractivity contribution in [2.24, 2.45) is 0 Å². The van der Waals surface area contributed by atoms with Gasteiger partial charge in [-0.2, -0.15) is 0 Å². The Bertz CT molecular complexity index is 1230. The highest BCUT2D eigenvalue weighted by Crippen LogP contribution is 2.25. The lowest BCUT2D eigenvalue weighted by molar-refractivity contribution is -0.141. The van der Waals surface area contributed by atoms with Crippen LogP contribution >= 0.6 is 23.2 Å². The lowest BCUT2D eigenvalue weighted by Gasteiger charge is -2.32. The van der Waals surface area contributed by atoms with Crippen LogP contribution in [0.5, 0.6) is 5.75 Å². The summed E-state index contributed by atoms with van der Waals surface area (Å²) in [6, 6.07) is 11.1. The van der Waals surface area contributed by atoms with Crippen LogP contribution in [0, 0.1) is 0 Å². The van der Waals surface area contributed by atoms with Gasteiger partial charge in [-0.05, 0) is 68.1 Å². The van der Waals surface area contributed by atoms with Crippen molar-refractivity contribution in [2.45, 2.75) is 70.5 Å². The van der Waals surface area contributed by atoms with Crippen molar-refractivity contribution in [1.82, 2.24) is 10.2 Å². The van der Waals surface area contributed by atoms with Gasteiger partial charge in [0.25, 0.3) is 0 Å². The third kappa shape index (κ3) is 9.01. The monoisotopic (exact) mass is 597 g/mol. The molecule has 1 atom stereocenters. The quantitative estimate of drug-likeness (QED) is 0.352. The summed E-state index contributed by atoms with van der Waals surface area (Å²) in [5, 5.41) is 3.99. The molecule has 2 aromatic rings. The Labute approximate surface area is 241 Å². The van der Waals surface area contributed by atoms with Crippen molar-refractivity contribution in [3.8, 4) is 5.75 Å². The minimum atomic E-state index is -3.59. The van der Waals surface area contributed by atoms with Crippen LogP contribution in [0.4, 0.5) is 5.69 Å². The van der Waals surface area contributed by atoms with E-state index >= 15 is 0 Å². The second-order valence-electron chi connectivity index (χ2n) is 9.91. The summed E-state index contributed by atoms with van der Waals surface area (Å²) < 4.78 is 31.4. The third-order valence-corrected chi connectivity index (χ3v) is 8.77. The first-order valence-corrected chi connectivity index (χ1v) is 15.8. The average Bonchev–Trinajstić information content (AvgIpc) is 2.90. The van der Waals surface area contributed by atoms with Gasteiger partial charge in [0, 0.05) is 35.6 Å². The standard InChI is InChI=1S/C28H37Cl2N3O5S/c1-20(28(35)31-23-8-5-4-6-9-23)32(19-21-11-12-22(29)18-26(21)30)27(34)10-7-17-33(39(3,36)37)24-13-15-25(38-2)16-14-24/h11-16,18,20,23H,4-10,17,19H2,1-3H3,(H,31,35)/t20-/m1/s1. The van der Waals surface area contributed by atoms with Crippen LogP contribution in [0.1, 0.15) is 57.4 Å². The van der Waals surface area contributed by atoms with Gasteiger partial charge < -0.3 is 15.0 Å². The molecule has 1 saturated carbocycles. The van der Waals surface area contributed by atoms with E-state index in [1.165, 1.54) is 22.7 Å². The Morgan fingerprint density at radius 1 is 1.08 bits per heavy atom. The van der Waals surface area contributed by atoms with Gasteiger partial charge in [-0.1, -0.05) is 48.5 Å². The molecule has 0 spiro atoms. The van der Waals surface area contributed by atoms with Crippen molar-refractivity contribution in [3.63, 3.8) is 0 Å². The Kier molecular flexibility index (Phi) is 11.3. The first-order chi connectivity index (χ1) is 18.5. The maximum absolute atomic E-state index is 13.5. The predicted octanol–water partition coefficient (Wildman–Crippen LogP) is 5.41. The number of benzene rings is 2. The van der Waals surface area contributed by atoms with Crippen molar-refractivity contribution in [2.75, 3.05) is 24.2 Å². The van der Waals surface area contributed by atoms with Crippen molar-refractivity contribution in [1.29, 1.82) is 0 Å². The molecule has 39 heavy (non-hydrogen) atoms. The van der Waals surface area contributed by atoms with Gasteiger partial charge in [-0.15, -0.1) is 0 Å². The molecule has 1 aliphatic carbocycles. The highest BCUT2D eigenvalue weighted by atomic mass is 35.5. The van der Waals surface area contributed by atoms with E-state index in [0.717, 1.165) is 31.9 Å². The number of ether oxygens (including phenoxy) is 1. The number of rotatable bonds is 12. The Morgan fingerprint density at radius 3 is 2.33 bits per heavy atom. The van der Waals surface area contributed by atoms with Gasteiger partial charge in [0.1, 0.15) is 11.8 Å². The summed E-state index contributed by atoms with van der Waals surface area (Å²) in [4.78, 5) is 28.2. The highest BCUT2D eigenvalue weighted by Gasteiger charge is 2.29. The van der Waals surface area contributed by atoms with Crippen molar-refractivity contribution < 1.29 is 22.7 Å². The number of carbonyl (C=O) groups excluding carboxylic acids is 2. The summed E-state index contributed by atoms with van der Waals surface area (Å²) in [5.41, 5.74) is 1.15. The molecule has 1 aliphatic rings. The van der Waals surface area contributed by atoms with E-state index in [1.54, 1.807) is 49.4 Å². The maximum Gasteiger partial charge on any atom is 0.242 e. The lowest BCUT2D eigenvalue weighted by Crippen LogP contribution is -2.50. The van der Waals surface area contributed by atoms with E-state index in [0.29, 0.717) is 27.0 Å². The van der Waals surface area contributed by atoms with Crippen LogP contribution in [0.3, 0.4) is 0 Å². The maximum atomic E-state index is 13.5. The molecule has 8 nitrogen and oxygen atoms in total. The number of sulfonamides is 1. The highest BCUT2D eigenvalue weighted by molar-refractivity contribution is 7.92. The van der Waals surface area contributed by atoms with Gasteiger partial charge in [0.05, 0.1) is 19.1 Å². The number of nitrogens with zero attached hydrogens (tertiary/aromatic N) is 2. The Morgan fingerprint density at radius 2 is 1.74 bits per heavy atom. The fourth-order valence-corrected chi connectivity index (χ4v) is 6.17. The first-order valence-electron chi connectivity index (χ1n) is 13.1. The zero-order valence-electron chi connectivity index (χ0n) is 22.7. The predicted molar refractivity (Wildman–Crippen MR) is 156 cm³/mol. The largest absolute Gasteiger partial charge is 0.497 e. The number of anilines is 1. The summed E-state index contributed by atoms with van der Waals surface area (Å²) in [6.45, 7) is 1.94. The molecular weight excluding hydrogens is 561 g/mol. The number of hydrogen-bond donors (Lipinski definition) is 1. The fourth-order valence-electron chi connectivity index (χ4n) is 4.74. The molecule has 11 heteroatoms. The summed E-state index contributed by atoms with van der Waals surface area (Å²) in [6.07, 6.45) is 6.63. The average molecular weight is 599 g/mol. The molecule has 0 aliphatic heterocycles. The summed E-state index contributed by atoms with van der Waals surface area (Å²) in [7, 11) is -2.05. The molecule has 0 heterocycles. The lowest BCUT2D eigenvalue weighted by atomic mass is 9.95. The molecule has 0 saturated heterocycles. The topological polar surface area (TPSA) is 96.0 Å². The number of hydrogen-bond acceptors (Lipinski definition) is 5. The Balaban J connectivity index is 1.74. The number of methoxy groups -OCH3 is 1. The van der Waals surface area contributed by atoms with Gasteiger partial charge in [0.15, 0.2) is 0 Å². The SMILES string of the molecule is COc1ccc(N(CCCC(=O)N(Cc2ccc(Cl)cc2Cl)[C@H](C)C(=O)NC2CCCCC2)S(C)(=O)=O)cc1. The van der Waals surface area contributed by atoms with Gasteiger partial charge >= 0.3 is 0 Å². The van der Waals surface area contributed by atoms with Crippen molar-refractivity contribution in [3.05, 3.63) is 58.1 Å². The normalized spacial score (nSPS) is 14.9. The van der Waals surface area contributed by atoms with Gasteiger partial charge in [-0.3, -0.25) is 13.9 Å². The molecule has 2 amide bonds. The minimum absolute atomic E-state index is 0.0500. The van der Waals surface area contributed by atoms with Crippen molar-refractivity contribution >= 4 is 50.7 Å². The number of carbonyl (C=O) groups is 2. The van der Waals surface area contributed by atoms with Crippen LogP contribution < -0.4 is 14.4 Å². The number of halogens is 2. The molecular formula is C28H37Cl2N3O5S. The Hall–Kier alpha value is -2.49. The smallest absolute Gasteiger partial charge is 0.242 e. The molecule has 3 rings (SSSR count). The number of amides is 2. The van der Waals surface area contributed by atoms with Gasteiger partial charge in [-0.25, -0.2) is 8.42 Å². The minimum Gasteiger partial charge on any atom is -0.497 e. The van der Waals surface area contributed by atoms with Crippen LogP contribution in [-0.4, -0.2) is 57.1 Å². The van der Waals surface area contributed by atoms with Crippen LogP contribution in [-0.2, 0) is 26.2 Å². The molecule has 0 bridgehead atoms. The third-order valence-electron chi connectivity index (χ3n) is 6.99. The van der Waals surface area contributed by atoms with E-state index in [4.69, 9.17) is 27.9 Å². The van der Waals surface area contributed by atoms with E-state index in [2.05, 4.69) is 5.32 Å². The molecule has 1 N–H and O–H groups in total. The van der Waals surface area contributed by atoms with E-state index < -0.39 is 16.1 Å². The molecule has 214 valence electrons. The summed E-state index contributed by atoms with van der Waals surface area (Å²) in [5.74, 6) is 0.131. The van der Waals surface area contributed by atoms with Crippen LogP contribution in [0.15, 0.2) is 42.5 Å². The van der Waals surface area contributed by atoms with Gasteiger partial charge in [0.2, 0.25) is 21.8 Å². The fraction of sp³-hybridized carbons (Fsp3) is 0.500. The zero-order valence-corrected chi connectivity index (χ0v) is 25.0. The van der Waals surface area contributed by atoms with E-state index in [-0.39, 0.29) is 43.8 Å². The first kappa shape index (κ1) is 31.0. The molecule has 0 radical (unpaired) electrons. The second-order valence-corrected chi connectivity index (χ2v) is 12.7.